The summed E-state index contributed by atoms with van der Waals surface area (Å²) in [5.41, 5.74) is 6.45. The van der Waals surface area contributed by atoms with Crippen LogP contribution in [0, 0.1) is 13.8 Å². The molecule has 0 aliphatic carbocycles. The van der Waals surface area contributed by atoms with Crippen LogP contribution < -0.4 is 20.2 Å². The second-order valence-electron chi connectivity index (χ2n) is 7.09. The Morgan fingerprint density at radius 1 is 0.938 bits per heavy atom. The molecule has 0 saturated carbocycles. The molecule has 0 radical (unpaired) electrons. The first-order valence-electron chi connectivity index (χ1n) is 10.0. The number of benzene rings is 3. The minimum absolute atomic E-state index is 0.413. The zero-order valence-corrected chi connectivity index (χ0v) is 18.2. The second kappa shape index (κ2) is 10.8. The van der Waals surface area contributed by atoms with E-state index in [0.29, 0.717) is 29.4 Å². The van der Waals surface area contributed by atoms with Crippen LogP contribution in [0.4, 0.5) is 5.69 Å². The van der Waals surface area contributed by atoms with Crippen LogP contribution in [0.5, 0.6) is 11.5 Å². The molecule has 3 aromatic carbocycles. The van der Waals surface area contributed by atoms with Gasteiger partial charge in [0.2, 0.25) is 0 Å². The van der Waals surface area contributed by atoms with Gasteiger partial charge in [-0.15, -0.1) is 0 Å². The highest BCUT2D eigenvalue weighted by atomic mass is 16.5. The van der Waals surface area contributed by atoms with Crippen molar-refractivity contribution in [2.75, 3.05) is 12.4 Å². The molecule has 164 valence electrons. The third kappa shape index (κ3) is 5.95. The van der Waals surface area contributed by atoms with Crippen LogP contribution in [0.2, 0.25) is 0 Å². The fourth-order valence-electron chi connectivity index (χ4n) is 2.90. The summed E-state index contributed by atoms with van der Waals surface area (Å²) in [5, 5.41) is 6.45. The van der Waals surface area contributed by atoms with Gasteiger partial charge in [-0.3, -0.25) is 9.59 Å². The highest BCUT2D eigenvalue weighted by Crippen LogP contribution is 2.28. The predicted molar refractivity (Wildman–Crippen MR) is 124 cm³/mol. The number of rotatable bonds is 7. The Balaban J connectivity index is 1.57. The highest BCUT2D eigenvalue weighted by Gasteiger charge is 2.14. The van der Waals surface area contributed by atoms with Gasteiger partial charge in [0.05, 0.1) is 13.3 Å². The van der Waals surface area contributed by atoms with Crippen molar-refractivity contribution in [2.45, 2.75) is 20.5 Å². The molecule has 0 bridgehead atoms. The lowest BCUT2D eigenvalue weighted by Gasteiger charge is -2.11. The standard InChI is InChI=1S/C25H25N3O4/c1-17-8-7-11-21(18(17)2)27-24(29)25(30)28-26-15-20-12-13-22(23(14-20)31-3)32-16-19-9-5-4-6-10-19/h4-15H,16H2,1-3H3,(H,27,29)(H,28,30)/b26-15-. The number of ether oxygens (including phenoxy) is 2. The molecule has 0 aromatic heterocycles. The van der Waals surface area contributed by atoms with Gasteiger partial charge in [-0.1, -0.05) is 42.5 Å². The summed E-state index contributed by atoms with van der Waals surface area (Å²) in [5.74, 6) is -0.538. The van der Waals surface area contributed by atoms with E-state index in [2.05, 4.69) is 15.8 Å². The van der Waals surface area contributed by atoms with E-state index in [-0.39, 0.29) is 0 Å². The molecule has 2 N–H and O–H groups in total. The SMILES string of the molecule is COc1cc(/C=N\NC(=O)C(=O)Nc2cccc(C)c2C)ccc1OCc1ccccc1. The number of carbonyl (C=O) groups excluding carboxylic acids is 2. The van der Waals surface area contributed by atoms with Crippen LogP contribution in [0.1, 0.15) is 22.3 Å². The zero-order chi connectivity index (χ0) is 22.9. The normalized spacial score (nSPS) is 10.6. The van der Waals surface area contributed by atoms with E-state index in [4.69, 9.17) is 9.47 Å². The molecule has 32 heavy (non-hydrogen) atoms. The Morgan fingerprint density at radius 3 is 2.47 bits per heavy atom. The van der Waals surface area contributed by atoms with Crippen LogP contribution in [-0.4, -0.2) is 25.1 Å². The van der Waals surface area contributed by atoms with Gasteiger partial charge in [0, 0.05) is 5.69 Å². The molecule has 0 aliphatic rings. The monoisotopic (exact) mass is 431 g/mol. The summed E-state index contributed by atoms with van der Waals surface area (Å²) >= 11 is 0. The van der Waals surface area contributed by atoms with Crippen LogP contribution in [0.25, 0.3) is 0 Å². The minimum Gasteiger partial charge on any atom is -0.493 e. The van der Waals surface area contributed by atoms with Crippen molar-refractivity contribution in [2.24, 2.45) is 5.10 Å². The van der Waals surface area contributed by atoms with Gasteiger partial charge in [-0.05, 0) is 60.4 Å². The van der Waals surface area contributed by atoms with Gasteiger partial charge in [0.15, 0.2) is 11.5 Å². The Kier molecular flexibility index (Phi) is 7.59. The maximum absolute atomic E-state index is 12.1. The van der Waals surface area contributed by atoms with Gasteiger partial charge in [-0.25, -0.2) is 5.43 Å². The van der Waals surface area contributed by atoms with Gasteiger partial charge in [0.25, 0.3) is 0 Å². The fourth-order valence-corrected chi connectivity index (χ4v) is 2.90. The van der Waals surface area contributed by atoms with Gasteiger partial charge < -0.3 is 14.8 Å². The Hall–Kier alpha value is -4.13. The third-order valence-electron chi connectivity index (χ3n) is 4.86. The predicted octanol–water partition coefficient (Wildman–Crippen LogP) is 3.98. The summed E-state index contributed by atoms with van der Waals surface area (Å²) in [6.45, 7) is 4.22. The lowest BCUT2D eigenvalue weighted by molar-refractivity contribution is -0.136. The maximum Gasteiger partial charge on any atom is 0.329 e. The molecule has 3 rings (SSSR count). The smallest absolute Gasteiger partial charge is 0.329 e. The van der Waals surface area contributed by atoms with Gasteiger partial charge >= 0.3 is 11.8 Å². The van der Waals surface area contributed by atoms with Crippen LogP contribution in [-0.2, 0) is 16.2 Å². The van der Waals surface area contributed by atoms with Crippen molar-refractivity contribution in [3.8, 4) is 11.5 Å². The molecule has 0 unspecified atom stereocenters. The maximum atomic E-state index is 12.1. The van der Waals surface area contributed by atoms with E-state index in [1.165, 1.54) is 6.21 Å². The molecule has 3 aromatic rings. The van der Waals surface area contributed by atoms with Crippen molar-refractivity contribution >= 4 is 23.7 Å². The minimum atomic E-state index is -0.864. The molecule has 7 heteroatoms. The average molecular weight is 431 g/mol. The molecular weight excluding hydrogens is 406 g/mol. The molecule has 0 saturated heterocycles. The number of amides is 2. The first-order valence-corrected chi connectivity index (χ1v) is 10.0. The Morgan fingerprint density at radius 2 is 1.72 bits per heavy atom. The average Bonchev–Trinajstić information content (AvgIpc) is 2.81. The zero-order valence-electron chi connectivity index (χ0n) is 18.2. The first-order chi connectivity index (χ1) is 15.5. The number of carbonyl (C=O) groups is 2. The number of aryl methyl sites for hydroxylation is 1. The lowest BCUT2D eigenvalue weighted by Crippen LogP contribution is -2.32. The number of nitrogens with one attached hydrogen (secondary N) is 2. The number of methoxy groups -OCH3 is 1. The van der Waals surface area contributed by atoms with E-state index in [1.54, 1.807) is 31.4 Å². The summed E-state index contributed by atoms with van der Waals surface area (Å²) in [4.78, 5) is 24.2. The van der Waals surface area contributed by atoms with Crippen molar-refractivity contribution < 1.29 is 19.1 Å². The largest absolute Gasteiger partial charge is 0.493 e. The lowest BCUT2D eigenvalue weighted by atomic mass is 10.1. The molecular formula is C25H25N3O4. The number of hydrogen-bond acceptors (Lipinski definition) is 5. The van der Waals surface area contributed by atoms with E-state index in [0.717, 1.165) is 16.7 Å². The highest BCUT2D eigenvalue weighted by molar-refractivity contribution is 6.39. The summed E-state index contributed by atoms with van der Waals surface area (Å²) in [7, 11) is 1.55. The summed E-state index contributed by atoms with van der Waals surface area (Å²) in [6.07, 6.45) is 1.42. The quantitative estimate of drug-likeness (QED) is 0.336. The molecule has 0 spiro atoms. The second-order valence-corrected chi connectivity index (χ2v) is 7.09. The summed E-state index contributed by atoms with van der Waals surface area (Å²) in [6, 6.07) is 20.6. The molecule has 0 atom stereocenters. The van der Waals surface area contributed by atoms with Crippen molar-refractivity contribution in [1.29, 1.82) is 0 Å². The molecule has 0 aliphatic heterocycles. The van der Waals surface area contributed by atoms with E-state index < -0.39 is 11.8 Å². The third-order valence-corrected chi connectivity index (χ3v) is 4.86. The fraction of sp³-hybridized carbons (Fsp3) is 0.160. The number of nitrogens with zero attached hydrogens (tertiary/aromatic N) is 1. The van der Waals surface area contributed by atoms with Crippen molar-refractivity contribution in [1.82, 2.24) is 5.43 Å². The molecule has 0 fully saturated rings. The van der Waals surface area contributed by atoms with E-state index in [1.807, 2.05) is 56.3 Å². The van der Waals surface area contributed by atoms with Crippen molar-refractivity contribution in [3.05, 3.63) is 89.0 Å². The summed E-state index contributed by atoms with van der Waals surface area (Å²) < 4.78 is 11.2. The molecule has 7 nitrogen and oxygen atoms in total. The number of hydrazone groups is 1. The van der Waals surface area contributed by atoms with Crippen LogP contribution in [0.15, 0.2) is 71.8 Å². The van der Waals surface area contributed by atoms with Crippen molar-refractivity contribution in [3.63, 3.8) is 0 Å². The van der Waals surface area contributed by atoms with E-state index in [9.17, 15) is 9.59 Å². The topological polar surface area (TPSA) is 89.0 Å². The number of hydrogen-bond donors (Lipinski definition) is 2. The number of anilines is 1. The van der Waals surface area contributed by atoms with Gasteiger partial charge in [0.1, 0.15) is 6.61 Å². The molecule has 2 amide bonds. The van der Waals surface area contributed by atoms with Crippen LogP contribution >= 0.6 is 0 Å². The van der Waals surface area contributed by atoms with E-state index >= 15 is 0 Å². The van der Waals surface area contributed by atoms with Gasteiger partial charge in [-0.2, -0.15) is 5.10 Å². The Bertz CT molecular complexity index is 1130. The van der Waals surface area contributed by atoms with Crippen LogP contribution in [0.3, 0.4) is 0 Å². The Labute approximate surface area is 187 Å². The first kappa shape index (κ1) is 22.6. The molecule has 0 heterocycles.